The second-order valence-electron chi connectivity index (χ2n) is 4.70. The first kappa shape index (κ1) is 17.4. The van der Waals surface area contributed by atoms with Crippen molar-refractivity contribution >= 4 is 14.3 Å². The lowest BCUT2D eigenvalue weighted by molar-refractivity contribution is -0.139. The fourth-order valence-corrected chi connectivity index (χ4v) is 5.29. The van der Waals surface area contributed by atoms with Crippen molar-refractivity contribution in [2.24, 2.45) is 0 Å². The number of ether oxygens (including phenoxy) is 1. The van der Waals surface area contributed by atoms with Crippen LogP contribution >= 0.6 is 0 Å². The molecule has 0 atom stereocenters. The van der Waals surface area contributed by atoms with Crippen LogP contribution in [0, 0.1) is 0 Å². The number of hydrogen-bond donors (Lipinski definition) is 0. The quantitative estimate of drug-likeness (QED) is 0.262. The van der Waals surface area contributed by atoms with E-state index in [0.29, 0.717) is 12.2 Å². The Morgan fingerprint density at radius 2 is 1.78 bits per heavy atom. The van der Waals surface area contributed by atoms with Gasteiger partial charge in [-0.05, 0) is 38.4 Å². The average molecular weight is 272 g/mol. The van der Waals surface area contributed by atoms with E-state index in [1.54, 1.807) is 6.92 Å². The summed E-state index contributed by atoms with van der Waals surface area (Å²) in [5.41, 5.74) is 0.468. The van der Waals surface area contributed by atoms with Gasteiger partial charge in [0.15, 0.2) is 8.32 Å². The highest BCUT2D eigenvalue weighted by Gasteiger charge is 2.29. The summed E-state index contributed by atoms with van der Waals surface area (Å²) in [6, 6.07) is 3.50. The van der Waals surface area contributed by atoms with Gasteiger partial charge in [-0.3, -0.25) is 0 Å². The average Bonchev–Trinajstić information content (AvgIpc) is 2.36. The maximum Gasteiger partial charge on any atom is 0.333 e. The lowest BCUT2D eigenvalue weighted by Gasteiger charge is -2.28. The highest BCUT2D eigenvalue weighted by Crippen LogP contribution is 2.24. The van der Waals surface area contributed by atoms with Gasteiger partial charge in [-0.25, -0.2) is 4.79 Å². The van der Waals surface area contributed by atoms with E-state index < -0.39 is 8.32 Å². The van der Waals surface area contributed by atoms with Gasteiger partial charge in [0.05, 0.1) is 6.61 Å². The molecule has 0 saturated heterocycles. The van der Waals surface area contributed by atoms with Crippen molar-refractivity contribution in [1.29, 1.82) is 0 Å². The summed E-state index contributed by atoms with van der Waals surface area (Å²) in [7, 11) is -1.50. The third kappa shape index (κ3) is 6.35. The van der Waals surface area contributed by atoms with Crippen LogP contribution in [-0.4, -0.2) is 27.5 Å². The molecule has 106 valence electrons. The standard InChI is InChI=1S/C14H28O3Si/c1-6-17-18(7-2,8-3)12-10-9-11-16-14(15)13(4)5/h4,6-12H2,1-3,5H3. The lowest BCUT2D eigenvalue weighted by atomic mass is 10.3. The zero-order valence-electron chi connectivity index (χ0n) is 12.4. The Morgan fingerprint density at radius 1 is 1.17 bits per heavy atom. The number of rotatable bonds is 10. The molecule has 0 aliphatic rings. The highest BCUT2D eigenvalue weighted by atomic mass is 28.4. The largest absolute Gasteiger partial charge is 0.462 e. The smallest absolute Gasteiger partial charge is 0.333 e. The first-order valence-electron chi connectivity index (χ1n) is 6.98. The number of unbranched alkanes of at least 4 members (excludes halogenated alkanes) is 1. The van der Waals surface area contributed by atoms with E-state index in [9.17, 15) is 4.79 Å². The van der Waals surface area contributed by atoms with Crippen LogP contribution in [0.1, 0.15) is 40.5 Å². The second kappa shape index (κ2) is 9.33. The molecule has 0 aromatic rings. The van der Waals surface area contributed by atoms with Crippen molar-refractivity contribution in [2.75, 3.05) is 13.2 Å². The Balaban J connectivity index is 3.87. The topological polar surface area (TPSA) is 35.5 Å². The molecule has 0 fully saturated rings. The normalized spacial score (nSPS) is 11.3. The number of esters is 1. The number of carbonyl (C=O) groups excluding carboxylic acids is 1. The van der Waals surface area contributed by atoms with Crippen molar-refractivity contribution < 1.29 is 14.0 Å². The van der Waals surface area contributed by atoms with Crippen LogP contribution in [0.25, 0.3) is 0 Å². The van der Waals surface area contributed by atoms with E-state index in [0.717, 1.165) is 19.4 Å². The summed E-state index contributed by atoms with van der Waals surface area (Å²) in [5, 5.41) is 0. The number of hydrogen-bond acceptors (Lipinski definition) is 3. The Labute approximate surface area is 113 Å². The van der Waals surface area contributed by atoms with Crippen LogP contribution in [0.5, 0.6) is 0 Å². The molecule has 18 heavy (non-hydrogen) atoms. The Morgan fingerprint density at radius 3 is 2.22 bits per heavy atom. The Bertz CT molecular complexity index is 260. The molecule has 0 unspecified atom stereocenters. The molecule has 0 aliphatic heterocycles. The molecule has 3 nitrogen and oxygen atoms in total. The molecule has 0 saturated carbocycles. The van der Waals surface area contributed by atoms with Crippen LogP contribution in [-0.2, 0) is 14.0 Å². The predicted molar refractivity (Wildman–Crippen MR) is 78.2 cm³/mol. The minimum atomic E-state index is -1.50. The van der Waals surface area contributed by atoms with E-state index in [1.165, 1.54) is 18.1 Å². The third-order valence-corrected chi connectivity index (χ3v) is 8.09. The van der Waals surface area contributed by atoms with Crippen LogP contribution in [0.4, 0.5) is 0 Å². The first-order valence-corrected chi connectivity index (χ1v) is 9.50. The first-order chi connectivity index (χ1) is 8.51. The molecule has 0 amide bonds. The second-order valence-corrected chi connectivity index (χ2v) is 9.27. The molecule has 0 aliphatic carbocycles. The van der Waals surface area contributed by atoms with Gasteiger partial charge in [-0.1, -0.05) is 26.8 Å². The fourth-order valence-electron chi connectivity index (χ4n) is 2.02. The summed E-state index contributed by atoms with van der Waals surface area (Å²) in [5.74, 6) is -0.283. The zero-order chi connectivity index (χ0) is 14.0. The van der Waals surface area contributed by atoms with E-state index in [2.05, 4.69) is 27.4 Å². The van der Waals surface area contributed by atoms with E-state index in [-0.39, 0.29) is 5.97 Å². The summed E-state index contributed by atoms with van der Waals surface area (Å²) < 4.78 is 11.1. The SMILES string of the molecule is C=C(C)C(=O)OCCCC[Si](CC)(CC)OCC. The lowest BCUT2D eigenvalue weighted by Crippen LogP contribution is -2.36. The maximum absolute atomic E-state index is 11.2. The molecular weight excluding hydrogens is 244 g/mol. The van der Waals surface area contributed by atoms with Crippen molar-refractivity contribution in [3.63, 3.8) is 0 Å². The van der Waals surface area contributed by atoms with Gasteiger partial charge in [0.25, 0.3) is 0 Å². The zero-order valence-corrected chi connectivity index (χ0v) is 13.4. The summed E-state index contributed by atoms with van der Waals surface area (Å²) >= 11 is 0. The maximum atomic E-state index is 11.2. The molecule has 0 rings (SSSR count). The van der Waals surface area contributed by atoms with Gasteiger partial charge in [0.1, 0.15) is 0 Å². The van der Waals surface area contributed by atoms with E-state index in [1.807, 2.05) is 0 Å². The molecule has 0 spiro atoms. The third-order valence-electron chi connectivity index (χ3n) is 3.35. The molecule has 4 heteroatoms. The van der Waals surface area contributed by atoms with Gasteiger partial charge >= 0.3 is 5.97 Å². The van der Waals surface area contributed by atoms with Gasteiger partial charge in [0.2, 0.25) is 0 Å². The molecule has 0 aromatic carbocycles. The van der Waals surface area contributed by atoms with Crippen molar-refractivity contribution in [1.82, 2.24) is 0 Å². The minimum Gasteiger partial charge on any atom is -0.462 e. The predicted octanol–water partition coefficient (Wildman–Crippen LogP) is 3.91. The summed E-state index contributed by atoms with van der Waals surface area (Å²) in [4.78, 5) is 11.2. The van der Waals surface area contributed by atoms with Crippen LogP contribution < -0.4 is 0 Å². The minimum absolute atomic E-state index is 0.283. The Kier molecular flexibility index (Phi) is 9.02. The number of carbonyl (C=O) groups is 1. The fraction of sp³-hybridized carbons (Fsp3) is 0.786. The molecule has 0 aromatic heterocycles. The Hall–Kier alpha value is -0.613. The molecule has 0 radical (unpaired) electrons. The molecule has 0 heterocycles. The van der Waals surface area contributed by atoms with Crippen LogP contribution in [0.3, 0.4) is 0 Å². The van der Waals surface area contributed by atoms with Gasteiger partial charge in [0, 0.05) is 12.2 Å². The highest BCUT2D eigenvalue weighted by molar-refractivity contribution is 6.73. The molecular formula is C14H28O3Si. The van der Waals surface area contributed by atoms with Gasteiger partial charge < -0.3 is 9.16 Å². The molecule has 0 N–H and O–H groups in total. The van der Waals surface area contributed by atoms with E-state index >= 15 is 0 Å². The van der Waals surface area contributed by atoms with Crippen molar-refractivity contribution in [3.05, 3.63) is 12.2 Å². The van der Waals surface area contributed by atoms with E-state index in [4.69, 9.17) is 9.16 Å². The monoisotopic (exact) mass is 272 g/mol. The van der Waals surface area contributed by atoms with Gasteiger partial charge in [-0.2, -0.15) is 0 Å². The van der Waals surface area contributed by atoms with Crippen molar-refractivity contribution in [2.45, 2.75) is 58.7 Å². The van der Waals surface area contributed by atoms with Crippen LogP contribution in [0.2, 0.25) is 18.1 Å². The molecule has 0 bridgehead atoms. The van der Waals surface area contributed by atoms with Crippen LogP contribution in [0.15, 0.2) is 12.2 Å². The summed E-state index contributed by atoms with van der Waals surface area (Å²) in [6.07, 6.45) is 2.00. The summed E-state index contributed by atoms with van der Waals surface area (Å²) in [6.45, 7) is 13.1. The van der Waals surface area contributed by atoms with Crippen molar-refractivity contribution in [3.8, 4) is 0 Å². The van der Waals surface area contributed by atoms with Gasteiger partial charge in [-0.15, -0.1) is 0 Å².